The van der Waals surface area contributed by atoms with E-state index in [4.69, 9.17) is 0 Å². The number of halogens is 3. The number of hydrogen-bond donors (Lipinski definition) is 1. The van der Waals surface area contributed by atoms with Crippen LogP contribution in [0, 0.1) is 0 Å². The first-order valence-corrected chi connectivity index (χ1v) is 9.38. The summed E-state index contributed by atoms with van der Waals surface area (Å²) >= 11 is 0. The molecule has 0 aliphatic rings. The summed E-state index contributed by atoms with van der Waals surface area (Å²) in [4.78, 5) is 3.72. The number of nitrogens with one attached hydrogen (secondary N) is 1. The van der Waals surface area contributed by atoms with Crippen molar-refractivity contribution in [3.63, 3.8) is 0 Å². The summed E-state index contributed by atoms with van der Waals surface area (Å²) in [5.41, 5.74) is -0.416. The van der Waals surface area contributed by atoms with Crippen molar-refractivity contribution in [3.05, 3.63) is 83.9 Å². The van der Waals surface area contributed by atoms with E-state index < -0.39 is 32.7 Å². The lowest BCUT2D eigenvalue weighted by atomic mass is 10.1. The summed E-state index contributed by atoms with van der Waals surface area (Å²) < 4.78 is 68.5. The molecule has 9 heteroatoms. The van der Waals surface area contributed by atoms with Crippen LogP contribution in [0.1, 0.15) is 23.0 Å². The molecular weight excluding hydrogens is 379 g/mol. The van der Waals surface area contributed by atoms with Crippen LogP contribution in [0.4, 0.5) is 13.2 Å². The number of nitrogens with zero attached hydrogens (tertiary/aromatic N) is 2. The molecule has 0 aliphatic carbocycles. The largest absolute Gasteiger partial charge is 0.416 e. The first-order chi connectivity index (χ1) is 12.7. The fourth-order valence-electron chi connectivity index (χ4n) is 2.63. The van der Waals surface area contributed by atoms with Gasteiger partial charge < -0.3 is 4.57 Å². The van der Waals surface area contributed by atoms with Crippen LogP contribution in [0.5, 0.6) is 0 Å². The molecule has 1 atom stereocenters. The normalized spacial score (nSPS) is 13.5. The maximum absolute atomic E-state index is 12.9. The molecule has 0 aliphatic heterocycles. The Morgan fingerprint density at radius 3 is 2.37 bits per heavy atom. The van der Waals surface area contributed by atoms with E-state index in [1.807, 2.05) is 0 Å². The third kappa shape index (κ3) is 4.20. The van der Waals surface area contributed by atoms with Gasteiger partial charge in [0.15, 0.2) is 0 Å². The monoisotopic (exact) mass is 395 g/mol. The number of hydrogen-bond acceptors (Lipinski definition) is 3. The van der Waals surface area contributed by atoms with Gasteiger partial charge in [0, 0.05) is 19.4 Å². The number of aryl methyl sites for hydroxylation is 1. The van der Waals surface area contributed by atoms with Crippen LogP contribution in [0.15, 0.2) is 71.9 Å². The van der Waals surface area contributed by atoms with E-state index in [0.29, 0.717) is 17.5 Å². The molecule has 0 amide bonds. The molecule has 3 rings (SSSR count). The molecular formula is C18H16F3N3O2S. The van der Waals surface area contributed by atoms with Gasteiger partial charge in [0.1, 0.15) is 11.9 Å². The highest BCUT2D eigenvalue weighted by atomic mass is 32.2. The summed E-state index contributed by atoms with van der Waals surface area (Å²) in [6.45, 7) is 0. The molecule has 0 unspecified atom stereocenters. The first-order valence-electron chi connectivity index (χ1n) is 7.90. The maximum Gasteiger partial charge on any atom is 0.416 e. The average Bonchev–Trinajstić information content (AvgIpc) is 3.06. The van der Waals surface area contributed by atoms with Crippen molar-refractivity contribution in [1.82, 2.24) is 14.3 Å². The van der Waals surface area contributed by atoms with Gasteiger partial charge in [-0.2, -0.15) is 17.9 Å². The van der Waals surface area contributed by atoms with Gasteiger partial charge >= 0.3 is 6.18 Å². The number of benzene rings is 2. The Kier molecular flexibility index (Phi) is 5.07. The topological polar surface area (TPSA) is 64.0 Å². The Labute approximate surface area is 154 Å². The lowest BCUT2D eigenvalue weighted by molar-refractivity contribution is -0.137. The third-order valence-corrected chi connectivity index (χ3v) is 5.41. The number of alkyl halides is 3. The average molecular weight is 395 g/mol. The van der Waals surface area contributed by atoms with Gasteiger partial charge in [-0.1, -0.05) is 36.4 Å². The SMILES string of the molecule is Cn1ccnc1[C@@H](NS(=O)(=O)c1cccc(C(F)(F)F)c1)c1ccccc1. The van der Waals surface area contributed by atoms with Gasteiger partial charge in [-0.25, -0.2) is 13.4 Å². The molecule has 2 aromatic carbocycles. The second-order valence-electron chi connectivity index (χ2n) is 5.89. The molecule has 3 aromatic rings. The molecule has 0 radical (unpaired) electrons. The number of rotatable bonds is 5. The van der Waals surface area contributed by atoms with Crippen LogP contribution in [0.25, 0.3) is 0 Å². The van der Waals surface area contributed by atoms with E-state index in [-0.39, 0.29) is 0 Å². The molecule has 0 saturated heterocycles. The molecule has 0 spiro atoms. The fraction of sp³-hybridized carbons (Fsp3) is 0.167. The Morgan fingerprint density at radius 1 is 1.07 bits per heavy atom. The zero-order valence-electron chi connectivity index (χ0n) is 14.2. The minimum absolute atomic E-state index is 0.414. The van der Waals surface area contributed by atoms with Crippen LogP contribution in [0.3, 0.4) is 0 Å². The van der Waals surface area contributed by atoms with Gasteiger partial charge in [0.25, 0.3) is 0 Å². The summed E-state index contributed by atoms with van der Waals surface area (Å²) in [5.74, 6) is 0.414. The maximum atomic E-state index is 12.9. The van der Waals surface area contributed by atoms with Gasteiger partial charge in [-0.3, -0.25) is 0 Å². The second-order valence-corrected chi connectivity index (χ2v) is 7.60. The summed E-state index contributed by atoms with van der Waals surface area (Å²) in [5, 5.41) is 0. The lowest BCUT2D eigenvalue weighted by Gasteiger charge is -2.19. The van der Waals surface area contributed by atoms with Crippen LogP contribution in [-0.2, 0) is 23.2 Å². The van der Waals surface area contributed by atoms with E-state index in [9.17, 15) is 21.6 Å². The highest BCUT2D eigenvalue weighted by Crippen LogP contribution is 2.31. The number of aromatic nitrogens is 2. The summed E-state index contributed by atoms with van der Waals surface area (Å²) in [6.07, 6.45) is -1.46. The highest BCUT2D eigenvalue weighted by molar-refractivity contribution is 7.89. The highest BCUT2D eigenvalue weighted by Gasteiger charge is 2.32. The number of sulfonamides is 1. The van der Waals surface area contributed by atoms with Crippen molar-refractivity contribution in [2.75, 3.05) is 0 Å². The Hall–Kier alpha value is -2.65. The van der Waals surface area contributed by atoms with Gasteiger partial charge in [-0.15, -0.1) is 0 Å². The van der Waals surface area contributed by atoms with Crippen molar-refractivity contribution < 1.29 is 21.6 Å². The van der Waals surface area contributed by atoms with Gasteiger partial charge in [-0.05, 0) is 23.8 Å². The zero-order chi connectivity index (χ0) is 19.7. The molecule has 27 heavy (non-hydrogen) atoms. The molecule has 0 fully saturated rings. The van der Waals surface area contributed by atoms with E-state index in [0.717, 1.165) is 18.2 Å². The van der Waals surface area contributed by atoms with Crippen LogP contribution in [0.2, 0.25) is 0 Å². The van der Waals surface area contributed by atoms with Crippen LogP contribution >= 0.6 is 0 Å². The molecule has 5 nitrogen and oxygen atoms in total. The van der Waals surface area contributed by atoms with Gasteiger partial charge in [0.2, 0.25) is 10.0 Å². The van der Waals surface area contributed by atoms with Crippen molar-refractivity contribution >= 4 is 10.0 Å². The quantitative estimate of drug-likeness (QED) is 0.719. The van der Waals surface area contributed by atoms with E-state index in [2.05, 4.69) is 9.71 Å². The Bertz CT molecular complexity index is 1030. The first kappa shape index (κ1) is 19.1. The van der Waals surface area contributed by atoms with E-state index in [1.54, 1.807) is 48.1 Å². The minimum Gasteiger partial charge on any atom is -0.336 e. The number of imidazole rings is 1. The minimum atomic E-state index is -4.63. The molecule has 0 bridgehead atoms. The fourth-order valence-corrected chi connectivity index (χ4v) is 3.86. The molecule has 0 saturated carbocycles. The smallest absolute Gasteiger partial charge is 0.336 e. The summed E-state index contributed by atoms with van der Waals surface area (Å²) in [6, 6.07) is 11.5. The van der Waals surface area contributed by atoms with Gasteiger partial charge in [0.05, 0.1) is 10.5 Å². The molecule has 1 heterocycles. The standard InChI is InChI=1S/C18H16F3N3O2S/c1-24-11-10-22-17(24)16(13-6-3-2-4-7-13)23-27(25,26)15-9-5-8-14(12-15)18(19,20)21/h2-12,16,23H,1H3/t16-/m0/s1. The van der Waals surface area contributed by atoms with E-state index in [1.165, 1.54) is 6.20 Å². The van der Waals surface area contributed by atoms with E-state index >= 15 is 0 Å². The predicted molar refractivity (Wildman–Crippen MR) is 93.3 cm³/mol. The lowest BCUT2D eigenvalue weighted by Crippen LogP contribution is -2.31. The molecule has 142 valence electrons. The van der Waals surface area contributed by atoms with Crippen molar-refractivity contribution in [2.45, 2.75) is 17.1 Å². The van der Waals surface area contributed by atoms with Crippen LogP contribution in [-0.4, -0.2) is 18.0 Å². The molecule has 1 N–H and O–H groups in total. The van der Waals surface area contributed by atoms with Crippen LogP contribution < -0.4 is 4.72 Å². The zero-order valence-corrected chi connectivity index (χ0v) is 15.0. The van der Waals surface area contributed by atoms with Crippen molar-refractivity contribution in [1.29, 1.82) is 0 Å². The second kappa shape index (κ2) is 7.16. The van der Waals surface area contributed by atoms with Crippen molar-refractivity contribution in [2.24, 2.45) is 7.05 Å². The predicted octanol–water partition coefficient (Wildman–Crippen LogP) is 3.51. The summed E-state index contributed by atoms with van der Waals surface area (Å²) in [7, 11) is -2.53. The Morgan fingerprint density at radius 2 is 1.78 bits per heavy atom. The molecule has 1 aromatic heterocycles. The third-order valence-electron chi connectivity index (χ3n) is 3.99. The van der Waals surface area contributed by atoms with Crippen molar-refractivity contribution in [3.8, 4) is 0 Å². The Balaban J connectivity index is 2.02.